The van der Waals surface area contributed by atoms with E-state index in [9.17, 15) is 5.11 Å². The lowest BCUT2D eigenvalue weighted by Crippen LogP contribution is -2.07. The number of halogens is 1. The first kappa shape index (κ1) is 26.2. The van der Waals surface area contributed by atoms with Crippen LogP contribution in [0.4, 0.5) is 0 Å². The molecule has 3 aromatic carbocycles. The van der Waals surface area contributed by atoms with E-state index in [1.165, 1.54) is 5.56 Å². The fourth-order valence-electron chi connectivity index (χ4n) is 4.32. The van der Waals surface area contributed by atoms with Gasteiger partial charge in [-0.2, -0.15) is 0 Å². The minimum atomic E-state index is 0.0731. The van der Waals surface area contributed by atoms with Crippen LogP contribution < -0.4 is 9.47 Å². The zero-order chi connectivity index (χ0) is 25.7. The van der Waals surface area contributed by atoms with Gasteiger partial charge >= 0.3 is 0 Å². The maximum absolute atomic E-state index is 9.39. The maximum Gasteiger partial charge on any atom is 0.145 e. The number of methoxy groups -OCH3 is 2. The molecule has 0 spiro atoms. The molecule has 0 aliphatic heterocycles. The van der Waals surface area contributed by atoms with Crippen molar-refractivity contribution in [1.29, 1.82) is 0 Å². The van der Waals surface area contributed by atoms with Crippen LogP contribution in [-0.2, 0) is 24.3 Å². The third-order valence-corrected chi connectivity index (χ3v) is 7.19. The Morgan fingerprint density at radius 1 is 1.00 bits per heavy atom. The number of nitrogens with zero attached hydrogens (tertiary/aromatic N) is 2. The second-order valence-corrected chi connectivity index (χ2v) is 9.77. The van der Waals surface area contributed by atoms with E-state index >= 15 is 0 Å². The number of aliphatic hydroxyl groups excluding tert-OH is 1. The van der Waals surface area contributed by atoms with Crippen molar-refractivity contribution in [2.24, 2.45) is 0 Å². The molecular formula is C29H33BrN2O4. The predicted octanol–water partition coefficient (Wildman–Crippen LogP) is 6.36. The molecule has 0 radical (unpaired) electrons. The van der Waals surface area contributed by atoms with E-state index in [2.05, 4.69) is 58.6 Å². The first-order valence-electron chi connectivity index (χ1n) is 12.1. The van der Waals surface area contributed by atoms with Crippen LogP contribution in [0.5, 0.6) is 11.5 Å². The van der Waals surface area contributed by atoms with Crippen molar-refractivity contribution in [3.63, 3.8) is 0 Å². The number of hydrogen-bond donors (Lipinski definition) is 1. The number of aromatic nitrogens is 2. The third-order valence-electron chi connectivity index (χ3n) is 6.31. The van der Waals surface area contributed by atoms with Gasteiger partial charge < -0.3 is 23.9 Å². The Balaban J connectivity index is 1.78. The molecule has 1 heterocycles. The van der Waals surface area contributed by atoms with Gasteiger partial charge in [0, 0.05) is 31.4 Å². The highest BCUT2D eigenvalue weighted by Gasteiger charge is 2.21. The minimum Gasteiger partial charge on any atom is -0.494 e. The van der Waals surface area contributed by atoms with Crippen molar-refractivity contribution < 1.29 is 19.3 Å². The second-order valence-electron chi connectivity index (χ2n) is 8.98. The number of benzene rings is 3. The van der Waals surface area contributed by atoms with E-state index in [1.807, 2.05) is 30.3 Å². The van der Waals surface area contributed by atoms with Crippen LogP contribution in [0.15, 0.2) is 59.1 Å². The molecule has 0 aliphatic carbocycles. The quantitative estimate of drug-likeness (QED) is 0.234. The summed E-state index contributed by atoms with van der Waals surface area (Å²) in [7, 11) is 3.38. The van der Waals surface area contributed by atoms with E-state index in [-0.39, 0.29) is 6.61 Å². The Morgan fingerprint density at radius 2 is 1.75 bits per heavy atom. The number of rotatable bonds is 11. The van der Waals surface area contributed by atoms with Gasteiger partial charge in [-0.15, -0.1) is 0 Å². The summed E-state index contributed by atoms with van der Waals surface area (Å²) in [6, 6.07) is 18.4. The highest BCUT2D eigenvalue weighted by molar-refractivity contribution is 9.10. The van der Waals surface area contributed by atoms with Crippen LogP contribution >= 0.6 is 15.9 Å². The van der Waals surface area contributed by atoms with E-state index in [1.54, 1.807) is 14.2 Å². The molecule has 0 amide bonds. The Kier molecular flexibility index (Phi) is 8.67. The first-order valence-corrected chi connectivity index (χ1v) is 12.9. The van der Waals surface area contributed by atoms with Gasteiger partial charge in [0.1, 0.15) is 35.0 Å². The number of para-hydroxylation sites is 1. The molecule has 0 aliphatic rings. The highest BCUT2D eigenvalue weighted by atomic mass is 79.9. The van der Waals surface area contributed by atoms with E-state index < -0.39 is 0 Å². The van der Waals surface area contributed by atoms with Gasteiger partial charge in [-0.1, -0.05) is 56.3 Å². The zero-order valence-electron chi connectivity index (χ0n) is 21.3. The number of aliphatic hydroxyl groups is 1. The molecule has 36 heavy (non-hydrogen) atoms. The van der Waals surface area contributed by atoms with Gasteiger partial charge in [0.15, 0.2) is 0 Å². The van der Waals surface area contributed by atoms with Crippen molar-refractivity contribution in [2.75, 3.05) is 27.4 Å². The van der Waals surface area contributed by atoms with Crippen LogP contribution in [0.1, 0.15) is 36.5 Å². The average Bonchev–Trinajstić information content (AvgIpc) is 3.28. The lowest BCUT2D eigenvalue weighted by Gasteiger charge is -2.15. The molecule has 0 saturated carbocycles. The molecule has 0 atom stereocenters. The summed E-state index contributed by atoms with van der Waals surface area (Å²) in [4.78, 5) is 5.07. The normalized spacial score (nSPS) is 11.4. The molecule has 0 bridgehead atoms. The van der Waals surface area contributed by atoms with Gasteiger partial charge in [-0.25, -0.2) is 4.98 Å². The molecule has 1 N–H and O–H groups in total. The van der Waals surface area contributed by atoms with Crippen molar-refractivity contribution in [3.05, 3.63) is 75.8 Å². The Bertz CT molecular complexity index is 1320. The number of ether oxygens (including phenoxy) is 3. The molecule has 0 saturated heterocycles. The molecule has 4 rings (SSSR count). The van der Waals surface area contributed by atoms with Gasteiger partial charge in [0.05, 0.1) is 18.2 Å². The molecule has 190 valence electrons. The SMILES string of the molecule is COCCn1c(-c2ccc(C(C)C)cc2)nc2c(Br)c(COc3ccccc3CCO)cc(OC)c21. The summed E-state index contributed by atoms with van der Waals surface area (Å²) >= 11 is 3.80. The summed E-state index contributed by atoms with van der Waals surface area (Å²) in [5.74, 6) is 2.81. The van der Waals surface area contributed by atoms with Crippen LogP contribution in [0.2, 0.25) is 0 Å². The van der Waals surface area contributed by atoms with E-state index in [0.717, 1.165) is 49.5 Å². The minimum absolute atomic E-state index is 0.0731. The summed E-state index contributed by atoms with van der Waals surface area (Å²) < 4.78 is 20.5. The second kappa shape index (κ2) is 11.9. The van der Waals surface area contributed by atoms with Crippen LogP contribution in [-0.4, -0.2) is 42.1 Å². The predicted molar refractivity (Wildman–Crippen MR) is 147 cm³/mol. The van der Waals surface area contributed by atoms with Crippen LogP contribution in [0.25, 0.3) is 22.4 Å². The van der Waals surface area contributed by atoms with Crippen molar-refractivity contribution in [3.8, 4) is 22.9 Å². The molecule has 1 aromatic heterocycles. The lowest BCUT2D eigenvalue weighted by atomic mass is 10.0. The molecular weight excluding hydrogens is 520 g/mol. The molecule has 7 heteroatoms. The summed E-state index contributed by atoms with van der Waals surface area (Å²) in [5.41, 5.74) is 5.95. The average molecular weight is 553 g/mol. The molecule has 0 unspecified atom stereocenters. The van der Waals surface area contributed by atoms with Crippen molar-refractivity contribution in [2.45, 2.75) is 39.3 Å². The number of imidazole rings is 1. The maximum atomic E-state index is 9.39. The largest absolute Gasteiger partial charge is 0.494 e. The number of fused-ring (bicyclic) bond motifs is 1. The summed E-state index contributed by atoms with van der Waals surface area (Å²) in [6.07, 6.45) is 0.544. The van der Waals surface area contributed by atoms with Crippen molar-refractivity contribution in [1.82, 2.24) is 9.55 Å². The van der Waals surface area contributed by atoms with Gasteiger partial charge in [0.2, 0.25) is 0 Å². The topological polar surface area (TPSA) is 65.7 Å². The zero-order valence-corrected chi connectivity index (χ0v) is 22.8. The first-order chi connectivity index (χ1) is 17.5. The number of hydrogen-bond acceptors (Lipinski definition) is 5. The van der Waals surface area contributed by atoms with E-state index in [0.29, 0.717) is 32.1 Å². The van der Waals surface area contributed by atoms with Gasteiger partial charge in [-0.05, 0) is 51.5 Å². The smallest absolute Gasteiger partial charge is 0.145 e. The fraction of sp³-hybridized carbons (Fsp3) is 0.345. The Hall–Kier alpha value is -2.87. The van der Waals surface area contributed by atoms with Crippen LogP contribution in [0.3, 0.4) is 0 Å². The highest BCUT2D eigenvalue weighted by Crippen LogP contribution is 2.38. The lowest BCUT2D eigenvalue weighted by molar-refractivity contribution is 0.188. The van der Waals surface area contributed by atoms with E-state index in [4.69, 9.17) is 19.2 Å². The Morgan fingerprint density at radius 3 is 2.42 bits per heavy atom. The summed E-state index contributed by atoms with van der Waals surface area (Å²) in [5, 5.41) is 9.39. The van der Waals surface area contributed by atoms with Crippen LogP contribution in [0, 0.1) is 0 Å². The molecule has 4 aromatic rings. The third kappa shape index (κ3) is 5.43. The molecule has 6 nitrogen and oxygen atoms in total. The van der Waals surface area contributed by atoms with Crippen molar-refractivity contribution >= 4 is 27.0 Å². The molecule has 0 fully saturated rings. The fourth-order valence-corrected chi connectivity index (χ4v) is 4.83. The monoisotopic (exact) mass is 552 g/mol. The summed E-state index contributed by atoms with van der Waals surface area (Å²) in [6.45, 7) is 5.98. The van der Waals surface area contributed by atoms with Gasteiger partial charge in [0.25, 0.3) is 0 Å². The standard InChI is InChI=1S/C29H33BrN2O4/c1-19(2)20-9-11-22(12-10-20)29-31-27-26(30)23(17-25(35-4)28(27)32(29)14-16-34-3)18-36-24-8-6-5-7-21(24)13-15-33/h5-12,17,19,33H,13-16,18H2,1-4H3. The van der Waals surface area contributed by atoms with Gasteiger partial charge in [-0.3, -0.25) is 0 Å². The Labute approximate surface area is 221 Å².